The van der Waals surface area contributed by atoms with Crippen LogP contribution in [-0.2, 0) is 4.79 Å². The highest BCUT2D eigenvalue weighted by atomic mass is 19.4. The standard InChI is InChI=1S/C12H21F3N2O2/c1-2-17-5-3-9(4-6-17)7-16-8-10(11(18)19)12(13,14)15/h9-10,16H,2-8H2,1H3,(H,18,19). The van der Waals surface area contributed by atoms with Crippen LogP contribution in [0.4, 0.5) is 13.2 Å². The second kappa shape index (κ2) is 7.09. The molecule has 1 heterocycles. The number of carboxylic acids is 1. The molecule has 0 aromatic rings. The van der Waals surface area contributed by atoms with Crippen molar-refractivity contribution >= 4 is 5.97 Å². The predicted octanol–water partition coefficient (Wildman–Crippen LogP) is 1.57. The van der Waals surface area contributed by atoms with Gasteiger partial charge >= 0.3 is 12.1 Å². The summed E-state index contributed by atoms with van der Waals surface area (Å²) in [6.07, 6.45) is -2.79. The van der Waals surface area contributed by atoms with Gasteiger partial charge in [0, 0.05) is 6.54 Å². The largest absolute Gasteiger partial charge is 0.481 e. The highest BCUT2D eigenvalue weighted by Gasteiger charge is 2.44. The summed E-state index contributed by atoms with van der Waals surface area (Å²) in [6, 6.07) is 0. The van der Waals surface area contributed by atoms with E-state index in [4.69, 9.17) is 5.11 Å². The number of aliphatic carboxylic acids is 1. The molecular weight excluding hydrogens is 261 g/mol. The lowest BCUT2D eigenvalue weighted by atomic mass is 9.96. The molecular formula is C12H21F3N2O2. The van der Waals surface area contributed by atoms with Crippen LogP contribution >= 0.6 is 0 Å². The summed E-state index contributed by atoms with van der Waals surface area (Å²) in [6.45, 7) is 4.91. The lowest BCUT2D eigenvalue weighted by Crippen LogP contribution is -2.42. The summed E-state index contributed by atoms with van der Waals surface area (Å²) in [4.78, 5) is 12.8. The van der Waals surface area contributed by atoms with E-state index in [2.05, 4.69) is 17.1 Å². The third-order valence-electron chi connectivity index (χ3n) is 3.63. The molecule has 2 N–H and O–H groups in total. The smallest absolute Gasteiger partial charge is 0.403 e. The molecule has 4 nitrogen and oxygen atoms in total. The Morgan fingerprint density at radius 2 is 2.00 bits per heavy atom. The summed E-state index contributed by atoms with van der Waals surface area (Å²) < 4.78 is 37.2. The molecule has 0 amide bonds. The van der Waals surface area contributed by atoms with Crippen LogP contribution in [0.1, 0.15) is 19.8 Å². The molecule has 1 aliphatic heterocycles. The Bertz CT molecular complexity index is 289. The third-order valence-corrected chi connectivity index (χ3v) is 3.63. The van der Waals surface area contributed by atoms with Gasteiger partial charge in [0.15, 0.2) is 5.92 Å². The predicted molar refractivity (Wildman–Crippen MR) is 64.9 cm³/mol. The number of nitrogens with one attached hydrogen (secondary N) is 1. The Kier molecular flexibility index (Phi) is 6.06. The molecule has 1 atom stereocenters. The van der Waals surface area contributed by atoms with E-state index >= 15 is 0 Å². The molecule has 0 saturated carbocycles. The second-order valence-corrected chi connectivity index (χ2v) is 4.97. The zero-order valence-electron chi connectivity index (χ0n) is 11.0. The number of alkyl halides is 3. The van der Waals surface area contributed by atoms with Gasteiger partial charge in [0.1, 0.15) is 0 Å². The second-order valence-electron chi connectivity index (χ2n) is 4.97. The van der Waals surface area contributed by atoms with Crippen molar-refractivity contribution in [2.24, 2.45) is 11.8 Å². The Labute approximate surface area is 111 Å². The van der Waals surface area contributed by atoms with Crippen molar-refractivity contribution in [3.63, 3.8) is 0 Å². The maximum atomic E-state index is 12.4. The number of carbonyl (C=O) groups is 1. The van der Waals surface area contributed by atoms with Crippen LogP contribution in [0.5, 0.6) is 0 Å². The van der Waals surface area contributed by atoms with Gasteiger partial charge in [0.2, 0.25) is 0 Å². The number of rotatable bonds is 6. The van der Waals surface area contributed by atoms with Gasteiger partial charge in [-0.3, -0.25) is 4.79 Å². The quantitative estimate of drug-likeness (QED) is 0.776. The van der Waals surface area contributed by atoms with Crippen LogP contribution in [0.3, 0.4) is 0 Å². The molecule has 7 heteroatoms. The summed E-state index contributed by atoms with van der Waals surface area (Å²) in [5.41, 5.74) is 0. The first-order chi connectivity index (χ1) is 8.84. The van der Waals surface area contributed by atoms with Crippen molar-refractivity contribution in [2.75, 3.05) is 32.7 Å². The molecule has 19 heavy (non-hydrogen) atoms. The number of halogens is 3. The number of likely N-dealkylation sites (tertiary alicyclic amines) is 1. The van der Waals surface area contributed by atoms with E-state index in [1.165, 1.54) is 0 Å². The molecule has 0 aliphatic carbocycles. The minimum absolute atomic E-state index is 0.338. The fraction of sp³-hybridized carbons (Fsp3) is 0.917. The third kappa shape index (κ3) is 5.36. The molecule has 0 aromatic carbocycles. The van der Waals surface area contributed by atoms with E-state index in [-0.39, 0.29) is 0 Å². The van der Waals surface area contributed by atoms with Crippen molar-refractivity contribution in [3.05, 3.63) is 0 Å². The molecule has 0 bridgehead atoms. The zero-order chi connectivity index (χ0) is 14.5. The summed E-state index contributed by atoms with van der Waals surface area (Å²) >= 11 is 0. The van der Waals surface area contributed by atoms with Gasteiger partial charge in [0.05, 0.1) is 0 Å². The van der Waals surface area contributed by atoms with E-state index in [1.54, 1.807) is 0 Å². The van der Waals surface area contributed by atoms with Crippen molar-refractivity contribution in [1.82, 2.24) is 10.2 Å². The van der Waals surface area contributed by atoms with Gasteiger partial charge in [-0.15, -0.1) is 0 Å². The Hall–Kier alpha value is -0.820. The average Bonchev–Trinajstić information content (AvgIpc) is 2.33. The van der Waals surface area contributed by atoms with E-state index in [0.29, 0.717) is 12.5 Å². The molecule has 1 saturated heterocycles. The summed E-state index contributed by atoms with van der Waals surface area (Å²) in [7, 11) is 0. The lowest BCUT2D eigenvalue weighted by Gasteiger charge is -2.31. The van der Waals surface area contributed by atoms with Crippen LogP contribution in [0.15, 0.2) is 0 Å². The van der Waals surface area contributed by atoms with Crippen molar-refractivity contribution in [1.29, 1.82) is 0 Å². The van der Waals surface area contributed by atoms with Crippen LogP contribution in [-0.4, -0.2) is 54.9 Å². The maximum absolute atomic E-state index is 12.4. The van der Waals surface area contributed by atoms with Gasteiger partial charge in [-0.05, 0) is 44.9 Å². The fourth-order valence-corrected chi connectivity index (χ4v) is 2.28. The highest BCUT2D eigenvalue weighted by molar-refractivity contribution is 5.71. The molecule has 0 spiro atoms. The number of piperidine rings is 1. The van der Waals surface area contributed by atoms with Crippen LogP contribution < -0.4 is 5.32 Å². The first kappa shape index (κ1) is 16.2. The normalized spacial score (nSPS) is 20.4. The fourth-order valence-electron chi connectivity index (χ4n) is 2.28. The molecule has 1 aliphatic rings. The number of carboxylic acid groups (broad SMARTS) is 1. The first-order valence-electron chi connectivity index (χ1n) is 6.57. The molecule has 1 rings (SSSR count). The van der Waals surface area contributed by atoms with Crippen LogP contribution in [0.25, 0.3) is 0 Å². The lowest BCUT2D eigenvalue weighted by molar-refractivity contribution is -0.192. The Morgan fingerprint density at radius 1 is 1.42 bits per heavy atom. The van der Waals surface area contributed by atoms with E-state index in [9.17, 15) is 18.0 Å². The van der Waals surface area contributed by atoms with Crippen molar-refractivity contribution < 1.29 is 23.1 Å². The number of hydrogen-bond acceptors (Lipinski definition) is 3. The molecule has 0 radical (unpaired) electrons. The summed E-state index contributed by atoms with van der Waals surface area (Å²) in [5.74, 6) is -3.80. The van der Waals surface area contributed by atoms with E-state index in [0.717, 1.165) is 32.5 Å². The van der Waals surface area contributed by atoms with Crippen LogP contribution in [0.2, 0.25) is 0 Å². The van der Waals surface area contributed by atoms with Gasteiger partial charge in [0.25, 0.3) is 0 Å². The molecule has 112 valence electrons. The maximum Gasteiger partial charge on any atom is 0.403 e. The number of hydrogen-bond donors (Lipinski definition) is 2. The minimum Gasteiger partial charge on any atom is -0.481 e. The van der Waals surface area contributed by atoms with Gasteiger partial charge in [-0.1, -0.05) is 6.92 Å². The topological polar surface area (TPSA) is 52.6 Å². The SMILES string of the molecule is CCN1CCC(CNCC(C(=O)O)C(F)(F)F)CC1. The van der Waals surface area contributed by atoms with E-state index < -0.39 is 24.6 Å². The zero-order valence-corrected chi connectivity index (χ0v) is 11.0. The van der Waals surface area contributed by atoms with Crippen molar-refractivity contribution in [2.45, 2.75) is 25.9 Å². The van der Waals surface area contributed by atoms with Crippen molar-refractivity contribution in [3.8, 4) is 0 Å². The first-order valence-corrected chi connectivity index (χ1v) is 6.57. The molecule has 0 aromatic heterocycles. The minimum atomic E-state index is -4.69. The van der Waals surface area contributed by atoms with E-state index in [1.807, 2.05) is 0 Å². The molecule has 1 unspecified atom stereocenters. The van der Waals surface area contributed by atoms with Gasteiger partial charge < -0.3 is 15.3 Å². The average molecular weight is 282 g/mol. The monoisotopic (exact) mass is 282 g/mol. The highest BCUT2D eigenvalue weighted by Crippen LogP contribution is 2.26. The van der Waals surface area contributed by atoms with Gasteiger partial charge in [-0.2, -0.15) is 13.2 Å². The molecule has 1 fully saturated rings. The van der Waals surface area contributed by atoms with Crippen LogP contribution in [0, 0.1) is 11.8 Å². The number of nitrogens with zero attached hydrogens (tertiary/aromatic N) is 1. The Balaban J connectivity index is 2.28. The van der Waals surface area contributed by atoms with Gasteiger partial charge in [-0.25, -0.2) is 0 Å². The Morgan fingerprint density at radius 3 is 2.42 bits per heavy atom. The summed E-state index contributed by atoms with van der Waals surface area (Å²) in [5, 5.41) is 11.2.